The highest BCUT2D eigenvalue weighted by Crippen LogP contribution is 2.35. The molecule has 0 saturated heterocycles. The van der Waals surface area contributed by atoms with E-state index < -0.39 is 18.2 Å². The van der Waals surface area contributed by atoms with E-state index in [9.17, 15) is 18.3 Å². The standard InChI is InChI=1S/C11H10F3NO/c1-10(16,7-11(12,13)14)9-5-3-2-4-8(9)6-15/h2-5,16H,7H2,1H3. The zero-order valence-electron chi connectivity index (χ0n) is 8.54. The summed E-state index contributed by atoms with van der Waals surface area (Å²) in [5.41, 5.74) is -2.03. The zero-order chi connectivity index (χ0) is 12.4. The quantitative estimate of drug-likeness (QED) is 0.847. The van der Waals surface area contributed by atoms with Gasteiger partial charge in [-0.3, -0.25) is 0 Å². The van der Waals surface area contributed by atoms with Crippen LogP contribution in [0.15, 0.2) is 24.3 Å². The van der Waals surface area contributed by atoms with Crippen LogP contribution < -0.4 is 0 Å². The molecule has 0 radical (unpaired) electrons. The highest BCUT2D eigenvalue weighted by Gasteiger charge is 2.40. The molecule has 1 atom stereocenters. The number of rotatable bonds is 2. The molecule has 16 heavy (non-hydrogen) atoms. The van der Waals surface area contributed by atoms with Gasteiger partial charge in [0.05, 0.1) is 23.7 Å². The fourth-order valence-corrected chi connectivity index (χ4v) is 1.54. The van der Waals surface area contributed by atoms with Gasteiger partial charge in [-0.2, -0.15) is 18.4 Å². The van der Waals surface area contributed by atoms with Crippen molar-refractivity contribution in [2.45, 2.75) is 25.1 Å². The topological polar surface area (TPSA) is 44.0 Å². The predicted octanol–water partition coefficient (Wildman–Crippen LogP) is 2.72. The number of aliphatic hydroxyl groups is 1. The Kier molecular flexibility index (Phi) is 3.24. The van der Waals surface area contributed by atoms with Gasteiger partial charge in [0.2, 0.25) is 0 Å². The Morgan fingerprint density at radius 2 is 1.88 bits per heavy atom. The second-order valence-electron chi connectivity index (χ2n) is 3.72. The van der Waals surface area contributed by atoms with Crippen molar-refractivity contribution < 1.29 is 18.3 Å². The van der Waals surface area contributed by atoms with Gasteiger partial charge in [-0.15, -0.1) is 0 Å². The average Bonchev–Trinajstić information content (AvgIpc) is 2.14. The third-order valence-corrected chi connectivity index (χ3v) is 2.17. The van der Waals surface area contributed by atoms with Crippen molar-refractivity contribution in [1.82, 2.24) is 0 Å². The minimum atomic E-state index is -4.48. The molecular weight excluding hydrogens is 219 g/mol. The highest BCUT2D eigenvalue weighted by atomic mass is 19.4. The summed E-state index contributed by atoms with van der Waals surface area (Å²) in [5, 5.41) is 18.5. The molecular formula is C11H10F3NO. The highest BCUT2D eigenvalue weighted by molar-refractivity contribution is 5.40. The van der Waals surface area contributed by atoms with E-state index >= 15 is 0 Å². The van der Waals surface area contributed by atoms with E-state index in [2.05, 4.69) is 0 Å². The van der Waals surface area contributed by atoms with Crippen molar-refractivity contribution in [2.75, 3.05) is 0 Å². The van der Waals surface area contributed by atoms with Crippen LogP contribution >= 0.6 is 0 Å². The van der Waals surface area contributed by atoms with Gasteiger partial charge in [0.25, 0.3) is 0 Å². The van der Waals surface area contributed by atoms with Gasteiger partial charge >= 0.3 is 6.18 Å². The first kappa shape index (κ1) is 12.5. The number of benzene rings is 1. The number of nitriles is 1. The number of hydrogen-bond donors (Lipinski definition) is 1. The van der Waals surface area contributed by atoms with Crippen LogP contribution in [0.5, 0.6) is 0 Å². The fraction of sp³-hybridized carbons (Fsp3) is 0.364. The monoisotopic (exact) mass is 229 g/mol. The van der Waals surface area contributed by atoms with Crippen LogP contribution in [0, 0.1) is 11.3 Å². The molecule has 0 bridgehead atoms. The summed E-state index contributed by atoms with van der Waals surface area (Å²) in [6.45, 7) is 1.05. The van der Waals surface area contributed by atoms with Crippen LogP contribution in [-0.4, -0.2) is 11.3 Å². The molecule has 2 nitrogen and oxygen atoms in total. The molecule has 0 aliphatic heterocycles. The summed E-state index contributed by atoms with van der Waals surface area (Å²) in [7, 11) is 0. The Bertz CT molecular complexity index is 418. The van der Waals surface area contributed by atoms with Gasteiger partial charge in [0.15, 0.2) is 0 Å². The van der Waals surface area contributed by atoms with Crippen molar-refractivity contribution in [3.8, 4) is 6.07 Å². The molecule has 1 rings (SSSR count). The molecule has 0 aliphatic carbocycles. The maximum Gasteiger partial charge on any atom is 0.392 e. The van der Waals surface area contributed by atoms with Gasteiger partial charge in [-0.25, -0.2) is 0 Å². The van der Waals surface area contributed by atoms with Gasteiger partial charge in [0, 0.05) is 5.56 Å². The zero-order valence-corrected chi connectivity index (χ0v) is 8.54. The smallest absolute Gasteiger partial charge is 0.385 e. The van der Waals surface area contributed by atoms with Crippen molar-refractivity contribution in [3.63, 3.8) is 0 Å². The molecule has 86 valence electrons. The molecule has 0 aliphatic rings. The molecule has 0 spiro atoms. The van der Waals surface area contributed by atoms with Gasteiger partial charge < -0.3 is 5.11 Å². The third kappa shape index (κ3) is 2.97. The van der Waals surface area contributed by atoms with E-state index in [-0.39, 0.29) is 11.1 Å². The summed E-state index contributed by atoms with van der Waals surface area (Å²) in [6, 6.07) is 7.48. The molecule has 1 aromatic carbocycles. The van der Waals surface area contributed by atoms with Crippen LogP contribution in [0.25, 0.3) is 0 Å². The maximum atomic E-state index is 12.2. The lowest BCUT2D eigenvalue weighted by Crippen LogP contribution is -2.29. The molecule has 0 heterocycles. The van der Waals surface area contributed by atoms with E-state index in [1.54, 1.807) is 6.07 Å². The van der Waals surface area contributed by atoms with E-state index in [1.165, 1.54) is 24.3 Å². The predicted molar refractivity (Wildman–Crippen MR) is 51.4 cm³/mol. The first-order valence-electron chi connectivity index (χ1n) is 4.55. The largest absolute Gasteiger partial charge is 0.392 e. The molecule has 1 N–H and O–H groups in total. The molecule has 0 amide bonds. The normalized spacial score (nSPS) is 15.2. The third-order valence-electron chi connectivity index (χ3n) is 2.17. The number of nitrogens with zero attached hydrogens (tertiary/aromatic N) is 1. The molecule has 1 aromatic rings. The lowest BCUT2D eigenvalue weighted by atomic mass is 9.89. The lowest BCUT2D eigenvalue weighted by Gasteiger charge is -2.25. The number of halogens is 3. The molecule has 0 fully saturated rings. The Labute approximate surface area is 90.9 Å². The van der Waals surface area contributed by atoms with Gasteiger partial charge in [-0.1, -0.05) is 18.2 Å². The fourth-order valence-electron chi connectivity index (χ4n) is 1.54. The Balaban J connectivity index is 3.12. The van der Waals surface area contributed by atoms with Crippen molar-refractivity contribution in [2.24, 2.45) is 0 Å². The van der Waals surface area contributed by atoms with Crippen LogP contribution in [0.2, 0.25) is 0 Å². The molecule has 5 heteroatoms. The summed E-state index contributed by atoms with van der Waals surface area (Å²) < 4.78 is 36.7. The van der Waals surface area contributed by atoms with E-state index in [4.69, 9.17) is 5.26 Å². The first-order valence-corrected chi connectivity index (χ1v) is 4.55. The maximum absolute atomic E-state index is 12.2. The lowest BCUT2D eigenvalue weighted by molar-refractivity contribution is -0.174. The van der Waals surface area contributed by atoms with E-state index in [0.717, 1.165) is 6.92 Å². The van der Waals surface area contributed by atoms with Crippen LogP contribution in [0.1, 0.15) is 24.5 Å². The molecule has 0 saturated carbocycles. The van der Waals surface area contributed by atoms with E-state index in [0.29, 0.717) is 0 Å². The van der Waals surface area contributed by atoms with Crippen LogP contribution in [0.3, 0.4) is 0 Å². The summed E-state index contributed by atoms with van der Waals surface area (Å²) in [5.74, 6) is 0. The van der Waals surface area contributed by atoms with Crippen molar-refractivity contribution >= 4 is 0 Å². The van der Waals surface area contributed by atoms with Crippen LogP contribution in [0.4, 0.5) is 13.2 Å². The van der Waals surface area contributed by atoms with Crippen molar-refractivity contribution in [3.05, 3.63) is 35.4 Å². The number of alkyl halides is 3. The second-order valence-corrected chi connectivity index (χ2v) is 3.72. The second kappa shape index (κ2) is 4.14. The summed E-state index contributed by atoms with van der Waals surface area (Å²) in [6.07, 6.45) is -5.86. The minimum absolute atomic E-state index is 0.00479. The van der Waals surface area contributed by atoms with Gasteiger partial charge in [-0.05, 0) is 13.0 Å². The van der Waals surface area contributed by atoms with Gasteiger partial charge in [0.1, 0.15) is 0 Å². The molecule has 0 aromatic heterocycles. The Morgan fingerprint density at radius 3 is 2.38 bits per heavy atom. The molecule has 1 unspecified atom stereocenters. The number of hydrogen-bond acceptors (Lipinski definition) is 2. The van der Waals surface area contributed by atoms with Crippen molar-refractivity contribution in [1.29, 1.82) is 5.26 Å². The van der Waals surface area contributed by atoms with Crippen LogP contribution in [-0.2, 0) is 5.60 Å². The minimum Gasteiger partial charge on any atom is -0.385 e. The summed E-state index contributed by atoms with van der Waals surface area (Å²) in [4.78, 5) is 0. The summed E-state index contributed by atoms with van der Waals surface area (Å²) >= 11 is 0. The Morgan fingerprint density at radius 1 is 1.31 bits per heavy atom. The Hall–Kier alpha value is -1.54. The SMILES string of the molecule is CC(O)(CC(F)(F)F)c1ccccc1C#N. The average molecular weight is 229 g/mol. The van der Waals surface area contributed by atoms with E-state index in [1.807, 2.05) is 0 Å². The first-order chi connectivity index (χ1) is 7.26.